The monoisotopic (exact) mass is 302 g/mol. The molecular weight excluding hydrogens is 292 g/mol. The number of alkyl halides is 8. The fourth-order valence-electron chi connectivity index (χ4n) is 1.69. The van der Waals surface area contributed by atoms with Crippen LogP contribution in [0.2, 0.25) is 0 Å². The van der Waals surface area contributed by atoms with E-state index in [4.69, 9.17) is 0 Å². The normalized spacial score (nSPS) is 36.0. The molecule has 0 aromatic rings. The topological polar surface area (TPSA) is 18.5 Å². The first-order valence-corrected chi connectivity index (χ1v) is 5.02. The average Bonchev–Trinajstić information content (AvgIpc) is 2.34. The Hall–Kier alpha value is -0.640. The molecule has 0 spiro atoms. The molecule has 0 radical (unpaired) electrons. The van der Waals surface area contributed by atoms with E-state index in [1.165, 1.54) is 0 Å². The highest BCUT2D eigenvalue weighted by molar-refractivity contribution is 5.02. The Labute approximate surface area is 102 Å². The minimum absolute atomic E-state index is 0.117. The second-order valence-corrected chi connectivity index (χ2v) is 4.53. The van der Waals surface area contributed by atoms with Crippen molar-refractivity contribution in [1.29, 1.82) is 0 Å². The molecule has 10 heteroatoms. The smallest absolute Gasteiger partial charge is 0.293 e. The van der Waals surface area contributed by atoms with E-state index >= 15 is 0 Å². The van der Waals surface area contributed by atoms with Crippen molar-refractivity contribution in [1.82, 2.24) is 0 Å². The summed E-state index contributed by atoms with van der Waals surface area (Å²) in [7, 11) is 0. The van der Waals surface area contributed by atoms with Gasteiger partial charge in [0.2, 0.25) is 0 Å². The third-order valence-electron chi connectivity index (χ3n) is 2.73. The lowest BCUT2D eigenvalue weighted by atomic mass is 9.98. The molecule has 0 aromatic carbocycles. The molecule has 1 saturated heterocycles. The van der Waals surface area contributed by atoms with Gasteiger partial charge in [0.15, 0.2) is 0 Å². The van der Waals surface area contributed by atoms with E-state index in [0.29, 0.717) is 0 Å². The molecule has 0 aliphatic carbocycles. The van der Waals surface area contributed by atoms with Gasteiger partial charge in [0, 0.05) is 12.8 Å². The van der Waals surface area contributed by atoms with Crippen molar-refractivity contribution in [3.05, 3.63) is 0 Å². The Morgan fingerprint density at radius 1 is 0.842 bits per heavy atom. The second kappa shape index (κ2) is 3.94. The third-order valence-corrected chi connectivity index (χ3v) is 2.73. The summed E-state index contributed by atoms with van der Waals surface area (Å²) in [4.78, 5) is 0. The SMILES string of the molecule is CC(C)C1(F)OC(C(F)(F)F)(C(F)(F)F)OC1(C)F. The van der Waals surface area contributed by atoms with E-state index < -0.39 is 35.8 Å². The lowest BCUT2D eigenvalue weighted by molar-refractivity contribution is -0.459. The standard InChI is InChI=1S/C9H10F8O2/c1-4(2)6(11)5(3,10)18-7(19-6,8(12,13)14)9(15,16)17/h4H,1-3H3. The quantitative estimate of drug-likeness (QED) is 0.685. The van der Waals surface area contributed by atoms with Crippen LogP contribution >= 0.6 is 0 Å². The molecule has 0 bridgehead atoms. The predicted molar refractivity (Wildman–Crippen MR) is 45.2 cm³/mol. The first-order valence-electron chi connectivity index (χ1n) is 5.02. The predicted octanol–water partition coefficient (Wildman–Crippen LogP) is 3.86. The van der Waals surface area contributed by atoms with Crippen molar-refractivity contribution in [3.8, 4) is 0 Å². The lowest BCUT2D eigenvalue weighted by Gasteiger charge is -2.32. The van der Waals surface area contributed by atoms with Gasteiger partial charge >= 0.3 is 18.1 Å². The van der Waals surface area contributed by atoms with Crippen LogP contribution in [0.3, 0.4) is 0 Å². The molecule has 1 heterocycles. The van der Waals surface area contributed by atoms with Crippen LogP contribution in [0.25, 0.3) is 0 Å². The van der Waals surface area contributed by atoms with Gasteiger partial charge in [0.05, 0.1) is 0 Å². The maximum Gasteiger partial charge on any atom is 0.453 e. The molecule has 1 aliphatic heterocycles. The zero-order valence-corrected chi connectivity index (χ0v) is 9.92. The van der Waals surface area contributed by atoms with Crippen molar-refractivity contribution in [2.75, 3.05) is 0 Å². The summed E-state index contributed by atoms with van der Waals surface area (Å²) >= 11 is 0. The molecular formula is C9H10F8O2. The van der Waals surface area contributed by atoms with Gasteiger partial charge in [0.25, 0.3) is 11.7 Å². The van der Waals surface area contributed by atoms with E-state index in [2.05, 4.69) is 9.47 Å². The summed E-state index contributed by atoms with van der Waals surface area (Å²) in [6, 6.07) is 0. The number of hydrogen-bond acceptors (Lipinski definition) is 2. The Kier molecular flexibility index (Phi) is 3.40. The minimum atomic E-state index is -6.19. The summed E-state index contributed by atoms with van der Waals surface area (Å²) in [5, 5.41) is 0. The van der Waals surface area contributed by atoms with Crippen molar-refractivity contribution in [2.24, 2.45) is 5.92 Å². The fourth-order valence-corrected chi connectivity index (χ4v) is 1.69. The van der Waals surface area contributed by atoms with E-state index in [-0.39, 0.29) is 6.92 Å². The Balaban J connectivity index is 3.43. The molecule has 19 heavy (non-hydrogen) atoms. The maximum atomic E-state index is 14.0. The van der Waals surface area contributed by atoms with Gasteiger partial charge in [-0.3, -0.25) is 9.47 Å². The summed E-state index contributed by atoms with van der Waals surface area (Å²) in [6.45, 7) is 1.85. The molecule has 1 aliphatic rings. The first kappa shape index (κ1) is 16.4. The highest BCUT2D eigenvalue weighted by atomic mass is 19.4. The van der Waals surface area contributed by atoms with Crippen LogP contribution in [0.15, 0.2) is 0 Å². The number of rotatable bonds is 1. The molecule has 1 rings (SSSR count). The van der Waals surface area contributed by atoms with Gasteiger partial charge in [-0.2, -0.15) is 26.3 Å². The molecule has 114 valence electrons. The lowest BCUT2D eigenvalue weighted by Crippen LogP contribution is -2.59. The fraction of sp³-hybridized carbons (Fsp3) is 1.00. The number of halogens is 8. The maximum absolute atomic E-state index is 14.0. The first-order chi connectivity index (χ1) is 8.11. The molecule has 1 fully saturated rings. The summed E-state index contributed by atoms with van der Waals surface area (Å²) < 4.78 is 110. The van der Waals surface area contributed by atoms with Crippen molar-refractivity contribution in [3.63, 3.8) is 0 Å². The van der Waals surface area contributed by atoms with Crippen LogP contribution in [0.5, 0.6) is 0 Å². The molecule has 2 unspecified atom stereocenters. The van der Waals surface area contributed by atoms with Crippen molar-refractivity contribution >= 4 is 0 Å². The molecule has 0 N–H and O–H groups in total. The van der Waals surface area contributed by atoms with Crippen LogP contribution in [-0.2, 0) is 9.47 Å². The van der Waals surface area contributed by atoms with Crippen molar-refractivity contribution in [2.45, 2.75) is 50.6 Å². The zero-order valence-electron chi connectivity index (χ0n) is 9.92. The van der Waals surface area contributed by atoms with Crippen LogP contribution in [0, 0.1) is 5.92 Å². The summed E-state index contributed by atoms with van der Waals surface area (Å²) in [5.41, 5.74) is 0. The molecule has 0 amide bonds. The Bertz CT molecular complexity index is 344. The highest BCUT2D eigenvalue weighted by Gasteiger charge is 2.85. The largest absolute Gasteiger partial charge is 0.453 e. The Morgan fingerprint density at radius 2 is 1.21 bits per heavy atom. The summed E-state index contributed by atoms with van der Waals surface area (Å²) in [6.07, 6.45) is -12.4. The van der Waals surface area contributed by atoms with E-state index in [0.717, 1.165) is 13.8 Å². The third kappa shape index (κ3) is 2.08. The average molecular weight is 302 g/mol. The van der Waals surface area contributed by atoms with Crippen LogP contribution in [-0.4, -0.2) is 29.8 Å². The molecule has 2 atom stereocenters. The molecule has 2 nitrogen and oxygen atoms in total. The van der Waals surface area contributed by atoms with Crippen LogP contribution in [0.1, 0.15) is 20.8 Å². The second-order valence-electron chi connectivity index (χ2n) is 4.53. The van der Waals surface area contributed by atoms with E-state index in [9.17, 15) is 35.1 Å². The van der Waals surface area contributed by atoms with Gasteiger partial charge in [-0.05, 0) is 0 Å². The van der Waals surface area contributed by atoms with Gasteiger partial charge in [-0.15, -0.1) is 0 Å². The summed E-state index contributed by atoms with van der Waals surface area (Å²) in [5.74, 6) is -14.8. The zero-order chi connectivity index (χ0) is 15.5. The van der Waals surface area contributed by atoms with E-state index in [1.807, 2.05) is 0 Å². The van der Waals surface area contributed by atoms with Gasteiger partial charge in [0.1, 0.15) is 0 Å². The molecule has 0 saturated carbocycles. The minimum Gasteiger partial charge on any atom is -0.293 e. The van der Waals surface area contributed by atoms with Crippen molar-refractivity contribution < 1.29 is 44.6 Å². The van der Waals surface area contributed by atoms with Gasteiger partial charge in [-0.25, -0.2) is 8.78 Å². The van der Waals surface area contributed by atoms with Gasteiger partial charge in [-0.1, -0.05) is 13.8 Å². The number of hydrogen-bond donors (Lipinski definition) is 0. The molecule has 0 aromatic heterocycles. The van der Waals surface area contributed by atoms with Crippen LogP contribution in [0.4, 0.5) is 35.1 Å². The van der Waals surface area contributed by atoms with Crippen LogP contribution < -0.4 is 0 Å². The Morgan fingerprint density at radius 3 is 1.37 bits per heavy atom. The van der Waals surface area contributed by atoms with E-state index in [1.54, 1.807) is 0 Å². The number of ether oxygens (including phenoxy) is 2. The van der Waals surface area contributed by atoms with Gasteiger partial charge < -0.3 is 0 Å². The highest BCUT2D eigenvalue weighted by Crippen LogP contribution is 2.60.